The molecule has 3 nitrogen and oxygen atoms in total. The molecule has 1 rings (SSSR count). The molecule has 0 atom stereocenters. The van der Waals surface area contributed by atoms with Crippen LogP contribution in [0, 0.1) is 0 Å². The molecule has 0 radical (unpaired) electrons. The van der Waals surface area contributed by atoms with Gasteiger partial charge in [-0.05, 0) is 51.2 Å². The van der Waals surface area contributed by atoms with Crippen LogP contribution in [0.25, 0.3) is 0 Å². The maximum Gasteiger partial charge on any atom is 0.137 e. The largest absolute Gasteiger partial charge is 0.492 e. The average molecular weight is 285 g/mol. The van der Waals surface area contributed by atoms with Crippen molar-refractivity contribution in [1.82, 2.24) is 10.2 Å². The van der Waals surface area contributed by atoms with Gasteiger partial charge < -0.3 is 15.0 Å². The highest BCUT2D eigenvalue weighted by atomic mass is 35.5. The molecule has 0 saturated heterocycles. The van der Waals surface area contributed by atoms with Crippen molar-refractivity contribution in [2.24, 2.45) is 0 Å². The van der Waals surface area contributed by atoms with Crippen molar-refractivity contribution >= 4 is 11.6 Å². The molecule has 4 heteroatoms. The molecule has 1 aromatic carbocycles. The Morgan fingerprint density at radius 1 is 1.32 bits per heavy atom. The molecular formula is C15H25ClN2O. The highest BCUT2D eigenvalue weighted by Crippen LogP contribution is 2.25. The molecule has 19 heavy (non-hydrogen) atoms. The number of halogens is 1. The first-order valence-corrected chi connectivity index (χ1v) is 7.28. The van der Waals surface area contributed by atoms with Crippen molar-refractivity contribution in [3.63, 3.8) is 0 Å². The summed E-state index contributed by atoms with van der Waals surface area (Å²) in [7, 11) is 4.12. The molecule has 1 aromatic rings. The lowest BCUT2D eigenvalue weighted by Gasteiger charge is -2.12. The topological polar surface area (TPSA) is 24.5 Å². The first-order valence-electron chi connectivity index (χ1n) is 6.90. The van der Waals surface area contributed by atoms with Gasteiger partial charge in [-0.25, -0.2) is 0 Å². The summed E-state index contributed by atoms with van der Waals surface area (Å²) in [6.45, 7) is 5.77. The average Bonchev–Trinajstić information content (AvgIpc) is 2.36. The second-order valence-corrected chi connectivity index (χ2v) is 5.35. The number of hydrogen-bond acceptors (Lipinski definition) is 3. The van der Waals surface area contributed by atoms with Gasteiger partial charge in [0.15, 0.2) is 0 Å². The lowest BCUT2D eigenvalue weighted by molar-refractivity contribution is 0.281. The van der Waals surface area contributed by atoms with Gasteiger partial charge in [-0.1, -0.05) is 24.6 Å². The Bertz CT molecular complexity index is 369. The molecule has 0 amide bonds. The van der Waals surface area contributed by atoms with Gasteiger partial charge in [0.05, 0.1) is 11.6 Å². The first-order chi connectivity index (χ1) is 9.13. The Morgan fingerprint density at radius 3 is 2.74 bits per heavy atom. The smallest absolute Gasteiger partial charge is 0.137 e. The fourth-order valence-electron chi connectivity index (χ4n) is 1.74. The van der Waals surface area contributed by atoms with Gasteiger partial charge in [0, 0.05) is 13.1 Å². The van der Waals surface area contributed by atoms with Gasteiger partial charge in [0.2, 0.25) is 0 Å². The molecule has 1 N–H and O–H groups in total. The minimum Gasteiger partial charge on any atom is -0.492 e. The van der Waals surface area contributed by atoms with Crippen molar-refractivity contribution in [3.8, 4) is 5.75 Å². The van der Waals surface area contributed by atoms with E-state index in [-0.39, 0.29) is 0 Å². The third-order valence-corrected chi connectivity index (χ3v) is 3.05. The molecule has 0 heterocycles. The van der Waals surface area contributed by atoms with Crippen LogP contribution in [0.5, 0.6) is 5.75 Å². The summed E-state index contributed by atoms with van der Waals surface area (Å²) in [4.78, 5) is 2.15. The van der Waals surface area contributed by atoms with E-state index >= 15 is 0 Å². The van der Waals surface area contributed by atoms with Gasteiger partial charge >= 0.3 is 0 Å². The molecule has 108 valence electrons. The SMILES string of the molecule is CCCNCc1ccc(OCCCN(C)C)c(Cl)c1. The molecular weight excluding hydrogens is 260 g/mol. The van der Waals surface area contributed by atoms with E-state index in [4.69, 9.17) is 16.3 Å². The lowest BCUT2D eigenvalue weighted by atomic mass is 10.2. The number of benzene rings is 1. The van der Waals surface area contributed by atoms with Crippen LogP contribution in [0.15, 0.2) is 18.2 Å². The second-order valence-electron chi connectivity index (χ2n) is 4.95. The van der Waals surface area contributed by atoms with Gasteiger partial charge in [0.25, 0.3) is 0 Å². The summed E-state index contributed by atoms with van der Waals surface area (Å²) in [5.74, 6) is 0.777. The van der Waals surface area contributed by atoms with Gasteiger partial charge in [-0.2, -0.15) is 0 Å². The fraction of sp³-hybridized carbons (Fsp3) is 0.600. The second kappa shape index (κ2) is 9.18. The van der Waals surface area contributed by atoms with E-state index in [9.17, 15) is 0 Å². The number of rotatable bonds is 9. The highest BCUT2D eigenvalue weighted by molar-refractivity contribution is 6.32. The van der Waals surface area contributed by atoms with E-state index < -0.39 is 0 Å². The summed E-state index contributed by atoms with van der Waals surface area (Å²) in [6.07, 6.45) is 2.14. The van der Waals surface area contributed by atoms with Crippen LogP contribution in [-0.2, 0) is 6.54 Å². The Kier molecular flexibility index (Phi) is 7.87. The van der Waals surface area contributed by atoms with E-state index in [1.54, 1.807) is 0 Å². The number of ether oxygens (including phenoxy) is 1. The maximum absolute atomic E-state index is 6.22. The molecule has 0 spiro atoms. The van der Waals surface area contributed by atoms with Crippen molar-refractivity contribution in [3.05, 3.63) is 28.8 Å². The number of nitrogens with one attached hydrogen (secondary N) is 1. The van der Waals surface area contributed by atoms with Crippen LogP contribution >= 0.6 is 11.6 Å². The van der Waals surface area contributed by atoms with Crippen molar-refractivity contribution in [2.45, 2.75) is 26.3 Å². The normalized spacial score (nSPS) is 11.0. The van der Waals surface area contributed by atoms with E-state index in [1.807, 2.05) is 12.1 Å². The molecule has 0 saturated carbocycles. The third-order valence-electron chi connectivity index (χ3n) is 2.76. The fourth-order valence-corrected chi connectivity index (χ4v) is 2.00. The Balaban J connectivity index is 2.39. The van der Waals surface area contributed by atoms with E-state index in [0.717, 1.165) is 38.2 Å². The van der Waals surface area contributed by atoms with Crippen molar-refractivity contribution in [2.75, 3.05) is 33.8 Å². The van der Waals surface area contributed by atoms with Crippen LogP contribution < -0.4 is 10.1 Å². The molecule has 0 fully saturated rings. The van der Waals surface area contributed by atoms with E-state index in [0.29, 0.717) is 11.6 Å². The zero-order valence-corrected chi connectivity index (χ0v) is 13.0. The molecule has 0 bridgehead atoms. The van der Waals surface area contributed by atoms with Crippen LogP contribution in [0.2, 0.25) is 5.02 Å². The first kappa shape index (κ1) is 16.3. The molecule has 0 aliphatic rings. The number of nitrogens with zero attached hydrogens (tertiary/aromatic N) is 1. The summed E-state index contributed by atoms with van der Waals surface area (Å²) in [5.41, 5.74) is 1.19. The van der Waals surface area contributed by atoms with E-state index in [2.05, 4.69) is 37.3 Å². The standard InChI is InChI=1S/C15H25ClN2O/c1-4-8-17-12-13-6-7-15(14(16)11-13)19-10-5-9-18(2)3/h6-7,11,17H,4-5,8-10,12H2,1-3H3. The lowest BCUT2D eigenvalue weighted by Crippen LogP contribution is -2.15. The molecule has 0 unspecified atom stereocenters. The summed E-state index contributed by atoms with van der Waals surface area (Å²) >= 11 is 6.22. The van der Waals surface area contributed by atoms with E-state index in [1.165, 1.54) is 5.56 Å². The van der Waals surface area contributed by atoms with Crippen LogP contribution in [-0.4, -0.2) is 38.7 Å². The van der Waals surface area contributed by atoms with Crippen molar-refractivity contribution in [1.29, 1.82) is 0 Å². The maximum atomic E-state index is 6.22. The zero-order valence-electron chi connectivity index (χ0n) is 12.2. The monoisotopic (exact) mass is 284 g/mol. The van der Waals surface area contributed by atoms with Gasteiger partial charge in [-0.3, -0.25) is 0 Å². The molecule has 0 aliphatic carbocycles. The van der Waals surface area contributed by atoms with Crippen LogP contribution in [0.3, 0.4) is 0 Å². The minimum absolute atomic E-state index is 0.695. The molecule has 0 aliphatic heterocycles. The quantitative estimate of drug-likeness (QED) is 0.705. The predicted octanol–water partition coefficient (Wildman–Crippen LogP) is 3.17. The minimum atomic E-state index is 0.695. The zero-order chi connectivity index (χ0) is 14.1. The Labute approximate surface area is 121 Å². The van der Waals surface area contributed by atoms with Crippen LogP contribution in [0.1, 0.15) is 25.3 Å². The third kappa shape index (κ3) is 6.81. The Morgan fingerprint density at radius 2 is 2.11 bits per heavy atom. The van der Waals surface area contributed by atoms with Crippen LogP contribution in [0.4, 0.5) is 0 Å². The van der Waals surface area contributed by atoms with Gasteiger partial charge in [-0.15, -0.1) is 0 Å². The predicted molar refractivity (Wildman–Crippen MR) is 82.1 cm³/mol. The van der Waals surface area contributed by atoms with Gasteiger partial charge in [0.1, 0.15) is 5.75 Å². The summed E-state index contributed by atoms with van der Waals surface area (Å²) in [6, 6.07) is 6.00. The highest BCUT2D eigenvalue weighted by Gasteiger charge is 2.03. The number of hydrogen-bond donors (Lipinski definition) is 1. The summed E-state index contributed by atoms with van der Waals surface area (Å²) < 4.78 is 5.69. The molecule has 0 aromatic heterocycles. The van der Waals surface area contributed by atoms with Crippen molar-refractivity contribution < 1.29 is 4.74 Å². The summed E-state index contributed by atoms with van der Waals surface area (Å²) in [5, 5.41) is 4.05. The Hall–Kier alpha value is -0.770.